The Hall–Kier alpha value is -2.88. The van der Waals surface area contributed by atoms with E-state index in [0.29, 0.717) is 11.3 Å². The maximum absolute atomic E-state index is 12.3. The monoisotopic (exact) mass is 296 g/mol. The van der Waals surface area contributed by atoms with E-state index in [-0.39, 0.29) is 11.3 Å². The van der Waals surface area contributed by atoms with Crippen molar-refractivity contribution in [2.24, 2.45) is 0 Å². The van der Waals surface area contributed by atoms with Gasteiger partial charge in [-0.05, 0) is 42.8 Å². The fourth-order valence-electron chi connectivity index (χ4n) is 2.01. The van der Waals surface area contributed by atoms with Crippen LogP contribution < -0.4 is 4.74 Å². The molecule has 4 heteroatoms. The Bertz CT molecular complexity index is 727. The van der Waals surface area contributed by atoms with Crippen LogP contribution in [0.1, 0.15) is 31.8 Å². The topological polar surface area (TPSA) is 63.6 Å². The van der Waals surface area contributed by atoms with Crippen molar-refractivity contribution in [2.75, 3.05) is 7.11 Å². The minimum Gasteiger partial charge on any atom is -0.496 e. The lowest BCUT2D eigenvalue weighted by atomic mass is 10.0. The molecular weight excluding hydrogens is 280 g/mol. The maximum atomic E-state index is 12.3. The number of methoxy groups -OCH3 is 1. The van der Waals surface area contributed by atoms with E-state index in [0.717, 1.165) is 11.1 Å². The third kappa shape index (κ3) is 3.61. The highest BCUT2D eigenvalue weighted by Crippen LogP contribution is 2.21. The summed E-state index contributed by atoms with van der Waals surface area (Å²) in [6.07, 6.45) is 3.10. The van der Waals surface area contributed by atoms with Gasteiger partial charge >= 0.3 is 5.97 Å². The predicted molar refractivity (Wildman–Crippen MR) is 84.5 cm³/mol. The van der Waals surface area contributed by atoms with Gasteiger partial charge in [0.2, 0.25) is 0 Å². The van der Waals surface area contributed by atoms with Gasteiger partial charge in [0.25, 0.3) is 0 Å². The van der Waals surface area contributed by atoms with Crippen LogP contribution in [0.4, 0.5) is 0 Å². The van der Waals surface area contributed by atoms with Crippen LogP contribution in [0.3, 0.4) is 0 Å². The van der Waals surface area contributed by atoms with E-state index in [1.54, 1.807) is 30.3 Å². The number of aromatic carboxylic acids is 1. The maximum Gasteiger partial charge on any atom is 0.335 e. The number of ketones is 1. The zero-order valence-electron chi connectivity index (χ0n) is 12.4. The Morgan fingerprint density at radius 2 is 1.77 bits per heavy atom. The Morgan fingerprint density at radius 1 is 1.09 bits per heavy atom. The van der Waals surface area contributed by atoms with E-state index in [4.69, 9.17) is 9.84 Å². The Labute approximate surface area is 128 Å². The fraction of sp³-hybridized carbons (Fsp3) is 0.111. The van der Waals surface area contributed by atoms with Crippen LogP contribution in [0, 0.1) is 6.92 Å². The summed E-state index contributed by atoms with van der Waals surface area (Å²) in [5.41, 5.74) is 2.44. The summed E-state index contributed by atoms with van der Waals surface area (Å²) in [5, 5.41) is 8.84. The van der Waals surface area contributed by atoms with Gasteiger partial charge in [0.15, 0.2) is 5.78 Å². The molecule has 0 radical (unpaired) electrons. The SMILES string of the molecule is COc1ccc(C)cc1C(=O)/C=C/c1ccc(C(=O)O)cc1. The minimum absolute atomic E-state index is 0.164. The summed E-state index contributed by atoms with van der Waals surface area (Å²) in [7, 11) is 1.52. The number of benzene rings is 2. The van der Waals surface area contributed by atoms with Crippen molar-refractivity contribution in [1.82, 2.24) is 0 Å². The number of aryl methyl sites for hydroxylation is 1. The van der Waals surface area contributed by atoms with Gasteiger partial charge in [-0.2, -0.15) is 0 Å². The van der Waals surface area contributed by atoms with Crippen molar-refractivity contribution in [3.8, 4) is 5.75 Å². The molecule has 1 N–H and O–H groups in total. The van der Waals surface area contributed by atoms with Gasteiger partial charge in [0.05, 0.1) is 18.2 Å². The molecular formula is C18H16O4. The standard InChI is InChI=1S/C18H16O4/c1-12-3-10-17(22-2)15(11-12)16(19)9-6-13-4-7-14(8-5-13)18(20)21/h3-11H,1-2H3,(H,20,21)/b9-6+. The van der Waals surface area contributed by atoms with Gasteiger partial charge in [-0.25, -0.2) is 4.79 Å². The lowest BCUT2D eigenvalue weighted by Crippen LogP contribution is -1.99. The molecule has 2 rings (SSSR count). The highest BCUT2D eigenvalue weighted by Gasteiger charge is 2.09. The van der Waals surface area contributed by atoms with E-state index in [1.165, 1.54) is 25.3 Å². The summed E-state index contributed by atoms with van der Waals surface area (Å²) < 4.78 is 5.20. The average molecular weight is 296 g/mol. The first-order valence-electron chi connectivity index (χ1n) is 6.71. The third-order valence-electron chi connectivity index (χ3n) is 3.21. The number of allylic oxidation sites excluding steroid dienone is 1. The number of rotatable bonds is 5. The molecule has 2 aromatic carbocycles. The largest absolute Gasteiger partial charge is 0.496 e. The number of carboxylic acid groups (broad SMARTS) is 1. The van der Waals surface area contributed by atoms with Crippen LogP contribution in [0.25, 0.3) is 6.08 Å². The quantitative estimate of drug-likeness (QED) is 0.676. The average Bonchev–Trinajstić information content (AvgIpc) is 2.53. The number of carbonyl (C=O) groups excluding carboxylic acids is 1. The molecule has 0 spiro atoms. The van der Waals surface area contributed by atoms with E-state index < -0.39 is 5.97 Å². The Morgan fingerprint density at radius 3 is 2.36 bits per heavy atom. The molecule has 0 saturated heterocycles. The second-order valence-electron chi connectivity index (χ2n) is 4.83. The van der Waals surface area contributed by atoms with Crippen LogP contribution >= 0.6 is 0 Å². The zero-order valence-corrected chi connectivity index (χ0v) is 12.4. The molecule has 0 aliphatic carbocycles. The minimum atomic E-state index is -0.976. The number of carbonyl (C=O) groups is 2. The normalized spacial score (nSPS) is 10.6. The van der Waals surface area contributed by atoms with Gasteiger partial charge in [0.1, 0.15) is 5.75 Å². The summed E-state index contributed by atoms with van der Waals surface area (Å²) in [6.45, 7) is 1.91. The number of carboxylic acids is 1. The summed E-state index contributed by atoms with van der Waals surface area (Å²) in [5.74, 6) is -0.611. The molecule has 0 saturated carbocycles. The number of hydrogen-bond acceptors (Lipinski definition) is 3. The first-order valence-corrected chi connectivity index (χ1v) is 6.71. The zero-order chi connectivity index (χ0) is 16.1. The van der Waals surface area contributed by atoms with Gasteiger partial charge in [-0.1, -0.05) is 29.8 Å². The van der Waals surface area contributed by atoms with Crippen molar-refractivity contribution in [3.63, 3.8) is 0 Å². The van der Waals surface area contributed by atoms with E-state index in [9.17, 15) is 9.59 Å². The predicted octanol–water partition coefficient (Wildman–Crippen LogP) is 3.60. The second kappa shape index (κ2) is 6.72. The first kappa shape index (κ1) is 15.5. The second-order valence-corrected chi connectivity index (χ2v) is 4.83. The molecule has 112 valence electrons. The molecule has 0 unspecified atom stereocenters. The first-order chi connectivity index (χ1) is 10.5. The molecule has 0 fully saturated rings. The molecule has 0 bridgehead atoms. The van der Waals surface area contributed by atoms with Gasteiger partial charge in [-0.15, -0.1) is 0 Å². The van der Waals surface area contributed by atoms with Crippen molar-refractivity contribution >= 4 is 17.8 Å². The summed E-state index contributed by atoms with van der Waals surface area (Å²) >= 11 is 0. The van der Waals surface area contributed by atoms with Crippen LogP contribution in [0.2, 0.25) is 0 Å². The summed E-state index contributed by atoms with van der Waals surface area (Å²) in [6, 6.07) is 11.7. The molecule has 0 aromatic heterocycles. The Kier molecular flexibility index (Phi) is 4.73. The van der Waals surface area contributed by atoms with Crippen LogP contribution in [0.15, 0.2) is 48.5 Å². The lowest BCUT2D eigenvalue weighted by molar-refractivity contribution is 0.0696. The van der Waals surface area contributed by atoms with Crippen LogP contribution in [0.5, 0.6) is 5.75 Å². The molecule has 2 aromatic rings. The molecule has 22 heavy (non-hydrogen) atoms. The number of hydrogen-bond donors (Lipinski definition) is 1. The van der Waals surface area contributed by atoms with E-state index in [1.807, 2.05) is 13.0 Å². The van der Waals surface area contributed by atoms with Crippen LogP contribution in [-0.4, -0.2) is 24.0 Å². The van der Waals surface area contributed by atoms with Crippen molar-refractivity contribution in [2.45, 2.75) is 6.92 Å². The van der Waals surface area contributed by atoms with Gasteiger partial charge in [-0.3, -0.25) is 4.79 Å². The molecule has 0 aliphatic heterocycles. The highest BCUT2D eigenvalue weighted by molar-refractivity contribution is 6.08. The number of ether oxygens (including phenoxy) is 1. The molecule has 0 aliphatic rings. The molecule has 0 amide bonds. The van der Waals surface area contributed by atoms with Gasteiger partial charge < -0.3 is 9.84 Å². The lowest BCUT2D eigenvalue weighted by Gasteiger charge is -2.06. The van der Waals surface area contributed by atoms with Crippen LogP contribution in [-0.2, 0) is 0 Å². The molecule has 0 heterocycles. The third-order valence-corrected chi connectivity index (χ3v) is 3.21. The molecule has 4 nitrogen and oxygen atoms in total. The van der Waals surface area contributed by atoms with E-state index >= 15 is 0 Å². The molecule has 0 atom stereocenters. The Balaban J connectivity index is 2.21. The fourth-order valence-corrected chi connectivity index (χ4v) is 2.01. The summed E-state index contributed by atoms with van der Waals surface area (Å²) in [4.78, 5) is 23.0. The highest BCUT2D eigenvalue weighted by atomic mass is 16.5. The smallest absolute Gasteiger partial charge is 0.335 e. The van der Waals surface area contributed by atoms with Crippen molar-refractivity contribution in [1.29, 1.82) is 0 Å². The van der Waals surface area contributed by atoms with Crippen molar-refractivity contribution < 1.29 is 19.4 Å². The van der Waals surface area contributed by atoms with E-state index in [2.05, 4.69) is 0 Å². The van der Waals surface area contributed by atoms with Gasteiger partial charge in [0, 0.05) is 0 Å². The van der Waals surface area contributed by atoms with Crippen molar-refractivity contribution in [3.05, 3.63) is 70.8 Å².